The minimum Gasteiger partial charge on any atom is -0.386 e. The number of benzene rings is 2. The van der Waals surface area contributed by atoms with Crippen molar-refractivity contribution in [3.05, 3.63) is 83.4 Å². The first kappa shape index (κ1) is 22.1. The van der Waals surface area contributed by atoms with Gasteiger partial charge >= 0.3 is 0 Å². The number of pyridine rings is 1. The van der Waals surface area contributed by atoms with Crippen LogP contribution in [0.4, 0.5) is 0 Å². The van der Waals surface area contributed by atoms with Gasteiger partial charge in [0.25, 0.3) is 0 Å². The molecule has 178 valence electrons. The lowest BCUT2D eigenvalue weighted by molar-refractivity contribution is 0.0787. The average Bonchev–Trinajstić information content (AvgIpc) is 3.31. The standard InChI is InChI=1S/C30H31N3O2/c1-18-27(19(2)35-32-18)22-15-26-28(31-17-22)24-14-13-23(30(3,4)34)16-25(24)33(26)29(21-11-8-12-21)20-9-6-5-7-10-20/h5-7,9-10,13-17,21,29,34H,8,11-12H2,1-4H3/t29-/m1/s1. The second-order valence-electron chi connectivity index (χ2n) is 10.5. The van der Waals surface area contributed by atoms with Gasteiger partial charge in [0, 0.05) is 22.7 Å². The van der Waals surface area contributed by atoms with Crippen LogP contribution in [0.2, 0.25) is 0 Å². The monoisotopic (exact) mass is 465 g/mol. The Morgan fingerprint density at radius 3 is 2.43 bits per heavy atom. The summed E-state index contributed by atoms with van der Waals surface area (Å²) in [4.78, 5) is 4.99. The van der Waals surface area contributed by atoms with E-state index in [0.717, 1.165) is 50.1 Å². The Morgan fingerprint density at radius 1 is 1.03 bits per heavy atom. The Kier molecular flexibility index (Phi) is 5.08. The zero-order chi connectivity index (χ0) is 24.3. The third kappa shape index (κ3) is 3.57. The lowest BCUT2D eigenvalue weighted by atomic mass is 9.77. The average molecular weight is 466 g/mol. The molecule has 1 aliphatic rings. The van der Waals surface area contributed by atoms with E-state index in [4.69, 9.17) is 9.51 Å². The first-order valence-corrected chi connectivity index (χ1v) is 12.5. The zero-order valence-corrected chi connectivity index (χ0v) is 20.7. The Hall–Kier alpha value is -3.44. The predicted octanol–water partition coefficient (Wildman–Crippen LogP) is 7.08. The van der Waals surface area contributed by atoms with Crippen molar-refractivity contribution >= 4 is 21.9 Å². The summed E-state index contributed by atoms with van der Waals surface area (Å²) in [5, 5.41) is 16.1. The van der Waals surface area contributed by atoms with E-state index in [0.29, 0.717) is 5.92 Å². The van der Waals surface area contributed by atoms with Crippen molar-refractivity contribution < 1.29 is 9.63 Å². The fraction of sp³-hybridized carbons (Fsp3) is 0.333. The molecule has 0 spiro atoms. The van der Waals surface area contributed by atoms with Crippen LogP contribution in [0, 0.1) is 19.8 Å². The van der Waals surface area contributed by atoms with Crippen molar-refractivity contribution in [2.75, 3.05) is 0 Å². The highest BCUT2D eigenvalue weighted by Crippen LogP contribution is 2.45. The van der Waals surface area contributed by atoms with Crippen LogP contribution >= 0.6 is 0 Å². The van der Waals surface area contributed by atoms with Gasteiger partial charge in [0.2, 0.25) is 0 Å². The number of aliphatic hydroxyl groups is 1. The summed E-state index contributed by atoms with van der Waals surface area (Å²) in [5.41, 5.74) is 7.38. The normalized spacial score (nSPS) is 15.6. The van der Waals surface area contributed by atoms with Crippen LogP contribution in [0.1, 0.15) is 61.7 Å². The molecule has 35 heavy (non-hydrogen) atoms. The van der Waals surface area contributed by atoms with Crippen molar-refractivity contribution in [2.24, 2.45) is 5.92 Å². The number of nitrogens with zero attached hydrogens (tertiary/aromatic N) is 3. The van der Waals surface area contributed by atoms with Crippen molar-refractivity contribution in [2.45, 2.75) is 58.6 Å². The molecule has 1 N–H and O–H groups in total. The van der Waals surface area contributed by atoms with E-state index in [1.54, 1.807) is 0 Å². The molecule has 0 unspecified atom stereocenters. The van der Waals surface area contributed by atoms with Crippen LogP contribution in [0.3, 0.4) is 0 Å². The van der Waals surface area contributed by atoms with Gasteiger partial charge in [0.1, 0.15) is 5.76 Å². The molecule has 6 rings (SSSR count). The van der Waals surface area contributed by atoms with E-state index in [1.165, 1.54) is 24.8 Å². The molecule has 1 atom stereocenters. The molecular weight excluding hydrogens is 434 g/mol. The summed E-state index contributed by atoms with van der Waals surface area (Å²) in [6.07, 6.45) is 5.62. The van der Waals surface area contributed by atoms with Gasteiger partial charge in [-0.2, -0.15) is 0 Å². The van der Waals surface area contributed by atoms with Gasteiger partial charge in [0.15, 0.2) is 0 Å². The number of hydrogen-bond acceptors (Lipinski definition) is 4. The van der Waals surface area contributed by atoms with Crippen LogP contribution in [-0.4, -0.2) is 19.8 Å². The highest BCUT2D eigenvalue weighted by Gasteiger charge is 2.33. The maximum Gasteiger partial charge on any atom is 0.141 e. The summed E-state index contributed by atoms with van der Waals surface area (Å²) >= 11 is 0. The minimum atomic E-state index is -0.927. The smallest absolute Gasteiger partial charge is 0.141 e. The summed E-state index contributed by atoms with van der Waals surface area (Å²) < 4.78 is 7.95. The molecule has 1 saturated carbocycles. The van der Waals surface area contributed by atoms with Crippen LogP contribution < -0.4 is 0 Å². The number of aryl methyl sites for hydroxylation is 2. The maximum absolute atomic E-state index is 10.8. The molecule has 0 aliphatic heterocycles. The molecule has 1 aliphatic carbocycles. The van der Waals surface area contributed by atoms with E-state index in [9.17, 15) is 5.11 Å². The number of hydrogen-bond donors (Lipinski definition) is 1. The van der Waals surface area contributed by atoms with Gasteiger partial charge in [-0.05, 0) is 69.7 Å². The van der Waals surface area contributed by atoms with E-state index in [-0.39, 0.29) is 6.04 Å². The Morgan fingerprint density at radius 2 is 1.80 bits per heavy atom. The van der Waals surface area contributed by atoms with Crippen LogP contribution in [-0.2, 0) is 5.60 Å². The lowest BCUT2D eigenvalue weighted by Gasteiger charge is -2.36. The largest absolute Gasteiger partial charge is 0.386 e. The van der Waals surface area contributed by atoms with Gasteiger partial charge in [-0.1, -0.05) is 54.0 Å². The second kappa shape index (κ2) is 8.06. The topological polar surface area (TPSA) is 64.1 Å². The van der Waals surface area contributed by atoms with Gasteiger partial charge in [-0.15, -0.1) is 0 Å². The Balaban J connectivity index is 1.70. The third-order valence-corrected chi connectivity index (χ3v) is 7.68. The Bertz CT molecular complexity index is 1520. The third-order valence-electron chi connectivity index (χ3n) is 7.68. The second-order valence-corrected chi connectivity index (χ2v) is 10.5. The van der Waals surface area contributed by atoms with E-state index < -0.39 is 5.60 Å². The summed E-state index contributed by atoms with van der Waals surface area (Å²) in [7, 11) is 0. The van der Waals surface area contributed by atoms with Gasteiger partial charge in [-0.3, -0.25) is 4.98 Å². The SMILES string of the molecule is Cc1noc(C)c1-c1cnc2c3ccc(C(C)(C)O)cc3n([C@H](c3ccccc3)C3CCC3)c2c1. The molecular formula is C30H31N3O2. The first-order chi connectivity index (χ1) is 16.8. The molecule has 2 aromatic carbocycles. The molecule has 1 fully saturated rings. The van der Waals surface area contributed by atoms with E-state index in [1.807, 2.05) is 40.0 Å². The van der Waals surface area contributed by atoms with Gasteiger partial charge in [-0.25, -0.2) is 0 Å². The van der Waals surface area contributed by atoms with Crippen molar-refractivity contribution in [3.63, 3.8) is 0 Å². The Labute approximate surface area is 205 Å². The van der Waals surface area contributed by atoms with Crippen LogP contribution in [0.25, 0.3) is 33.1 Å². The molecule has 3 aromatic heterocycles. The molecule has 5 nitrogen and oxygen atoms in total. The van der Waals surface area contributed by atoms with Crippen molar-refractivity contribution in [3.8, 4) is 11.1 Å². The summed E-state index contributed by atoms with van der Waals surface area (Å²) in [6, 6.07) is 19.6. The highest BCUT2D eigenvalue weighted by molar-refractivity contribution is 6.07. The zero-order valence-electron chi connectivity index (χ0n) is 20.7. The molecule has 0 bridgehead atoms. The molecule has 5 aromatic rings. The molecule has 0 radical (unpaired) electrons. The highest BCUT2D eigenvalue weighted by atomic mass is 16.5. The number of aromatic nitrogens is 3. The molecule has 5 heteroatoms. The number of rotatable bonds is 5. The van der Waals surface area contributed by atoms with Crippen molar-refractivity contribution in [1.29, 1.82) is 0 Å². The fourth-order valence-corrected chi connectivity index (χ4v) is 5.66. The first-order valence-electron chi connectivity index (χ1n) is 12.5. The van der Waals surface area contributed by atoms with Crippen molar-refractivity contribution in [1.82, 2.24) is 14.7 Å². The minimum absolute atomic E-state index is 0.198. The predicted molar refractivity (Wildman–Crippen MR) is 139 cm³/mol. The van der Waals surface area contributed by atoms with Crippen LogP contribution in [0.5, 0.6) is 0 Å². The fourth-order valence-electron chi connectivity index (χ4n) is 5.66. The quantitative estimate of drug-likeness (QED) is 0.301. The lowest BCUT2D eigenvalue weighted by Crippen LogP contribution is -2.26. The molecule has 0 saturated heterocycles. The molecule has 3 heterocycles. The number of fused-ring (bicyclic) bond motifs is 3. The van der Waals surface area contributed by atoms with Crippen LogP contribution in [0.15, 0.2) is 65.3 Å². The summed E-state index contributed by atoms with van der Waals surface area (Å²) in [5.74, 6) is 1.36. The van der Waals surface area contributed by atoms with E-state index >= 15 is 0 Å². The summed E-state index contributed by atoms with van der Waals surface area (Å²) in [6.45, 7) is 7.61. The van der Waals surface area contributed by atoms with E-state index in [2.05, 4.69) is 58.3 Å². The van der Waals surface area contributed by atoms with Gasteiger partial charge in [0.05, 0.1) is 33.9 Å². The molecule has 0 amide bonds. The van der Waals surface area contributed by atoms with Gasteiger partial charge < -0.3 is 14.2 Å². The maximum atomic E-state index is 10.8.